The van der Waals surface area contributed by atoms with Crippen molar-refractivity contribution in [2.75, 3.05) is 26.2 Å². The predicted molar refractivity (Wildman–Crippen MR) is 76.4 cm³/mol. The van der Waals surface area contributed by atoms with Gasteiger partial charge in [0.15, 0.2) is 0 Å². The predicted octanol–water partition coefficient (Wildman–Crippen LogP) is 2.24. The molecule has 0 aliphatic carbocycles. The molecule has 0 bridgehead atoms. The van der Waals surface area contributed by atoms with E-state index < -0.39 is 0 Å². The van der Waals surface area contributed by atoms with Gasteiger partial charge in [-0.15, -0.1) is 12.4 Å². The smallest absolute Gasteiger partial charge is 0.251 e. The normalized spacial score (nSPS) is 15.2. The van der Waals surface area contributed by atoms with Crippen LogP contribution in [0.1, 0.15) is 28.8 Å². The number of carbonyl (C=O) groups is 1. The number of nitrogens with zero attached hydrogens (tertiary/aromatic N) is 1. The fraction of sp³-hybridized carbons (Fsp3) is 0.500. The van der Waals surface area contributed by atoms with E-state index in [-0.39, 0.29) is 18.3 Å². The Morgan fingerprint density at radius 1 is 1.33 bits per heavy atom. The molecule has 1 N–H and O–H groups in total. The number of nitrogens with one attached hydrogen (secondary N) is 1. The highest BCUT2D eigenvalue weighted by Crippen LogP contribution is 2.06. The molecule has 1 fully saturated rings. The van der Waals surface area contributed by atoms with Crippen LogP contribution in [-0.2, 0) is 0 Å². The number of rotatable bonds is 4. The first kappa shape index (κ1) is 15.0. The van der Waals surface area contributed by atoms with Crippen LogP contribution in [0.4, 0.5) is 0 Å². The molecule has 1 amide bonds. The molecule has 2 rings (SSSR count). The summed E-state index contributed by atoms with van der Waals surface area (Å²) >= 11 is 0. The van der Waals surface area contributed by atoms with Crippen LogP contribution in [0, 0.1) is 6.92 Å². The third-order valence-corrected chi connectivity index (χ3v) is 3.19. The number of hydrogen-bond acceptors (Lipinski definition) is 2. The molecule has 0 radical (unpaired) electrons. The summed E-state index contributed by atoms with van der Waals surface area (Å²) < 4.78 is 0. The molecule has 0 unspecified atom stereocenters. The summed E-state index contributed by atoms with van der Waals surface area (Å²) in [6, 6.07) is 7.70. The first-order chi connectivity index (χ1) is 8.25. The van der Waals surface area contributed by atoms with Crippen molar-refractivity contribution in [1.29, 1.82) is 0 Å². The van der Waals surface area contributed by atoms with Crippen molar-refractivity contribution < 1.29 is 4.79 Å². The second-order valence-electron chi connectivity index (χ2n) is 4.67. The molecule has 0 atom stereocenters. The molecule has 0 saturated carbocycles. The summed E-state index contributed by atoms with van der Waals surface area (Å²) in [5.41, 5.74) is 1.88. The Hall–Kier alpha value is -1.06. The third kappa shape index (κ3) is 4.31. The fourth-order valence-corrected chi connectivity index (χ4v) is 2.22. The summed E-state index contributed by atoms with van der Waals surface area (Å²) in [4.78, 5) is 14.2. The number of halogens is 1. The SMILES string of the molecule is Cc1cccc(C(=O)NCCN2CCCC2)c1.Cl. The van der Waals surface area contributed by atoms with Crippen LogP contribution in [0.5, 0.6) is 0 Å². The Balaban J connectivity index is 0.00000162. The highest BCUT2D eigenvalue weighted by molar-refractivity contribution is 5.94. The van der Waals surface area contributed by atoms with E-state index in [1.54, 1.807) is 0 Å². The molecule has 100 valence electrons. The van der Waals surface area contributed by atoms with Crippen molar-refractivity contribution in [1.82, 2.24) is 10.2 Å². The van der Waals surface area contributed by atoms with E-state index in [4.69, 9.17) is 0 Å². The minimum atomic E-state index is 0. The average Bonchev–Trinajstić information content (AvgIpc) is 2.82. The Labute approximate surface area is 115 Å². The van der Waals surface area contributed by atoms with Gasteiger partial charge in [-0.3, -0.25) is 4.79 Å². The van der Waals surface area contributed by atoms with Gasteiger partial charge in [0.2, 0.25) is 0 Å². The number of carbonyl (C=O) groups excluding carboxylic acids is 1. The number of amides is 1. The van der Waals surface area contributed by atoms with Crippen LogP contribution in [-0.4, -0.2) is 37.0 Å². The van der Waals surface area contributed by atoms with E-state index in [2.05, 4.69) is 10.2 Å². The van der Waals surface area contributed by atoms with Crippen LogP contribution in [0.2, 0.25) is 0 Å². The maximum absolute atomic E-state index is 11.8. The Morgan fingerprint density at radius 3 is 2.72 bits per heavy atom. The number of aryl methyl sites for hydroxylation is 1. The van der Waals surface area contributed by atoms with Gasteiger partial charge in [-0.05, 0) is 45.0 Å². The number of likely N-dealkylation sites (tertiary alicyclic amines) is 1. The van der Waals surface area contributed by atoms with Gasteiger partial charge in [0.25, 0.3) is 5.91 Å². The monoisotopic (exact) mass is 268 g/mol. The molecule has 4 heteroatoms. The largest absolute Gasteiger partial charge is 0.351 e. The lowest BCUT2D eigenvalue weighted by Gasteiger charge is -2.14. The minimum absolute atomic E-state index is 0. The molecule has 18 heavy (non-hydrogen) atoms. The van der Waals surface area contributed by atoms with Gasteiger partial charge in [-0.25, -0.2) is 0 Å². The highest BCUT2D eigenvalue weighted by atomic mass is 35.5. The standard InChI is InChI=1S/C14H20N2O.ClH/c1-12-5-4-6-13(11-12)14(17)15-7-10-16-8-2-3-9-16;/h4-6,11H,2-3,7-10H2,1H3,(H,15,17);1H. The third-order valence-electron chi connectivity index (χ3n) is 3.19. The Kier molecular flexibility index (Phi) is 6.16. The van der Waals surface area contributed by atoms with Gasteiger partial charge < -0.3 is 10.2 Å². The summed E-state index contributed by atoms with van der Waals surface area (Å²) in [6.07, 6.45) is 2.59. The van der Waals surface area contributed by atoms with E-state index in [1.807, 2.05) is 31.2 Å². The molecule has 0 spiro atoms. The van der Waals surface area contributed by atoms with Crippen LogP contribution < -0.4 is 5.32 Å². The van der Waals surface area contributed by atoms with Gasteiger partial charge >= 0.3 is 0 Å². The van der Waals surface area contributed by atoms with E-state index >= 15 is 0 Å². The van der Waals surface area contributed by atoms with Crippen LogP contribution in [0.15, 0.2) is 24.3 Å². The summed E-state index contributed by atoms with van der Waals surface area (Å²) in [6.45, 7) is 6.08. The van der Waals surface area contributed by atoms with Crippen molar-refractivity contribution in [2.45, 2.75) is 19.8 Å². The van der Waals surface area contributed by atoms with Gasteiger partial charge in [0, 0.05) is 18.7 Å². The molecule has 1 aliphatic heterocycles. The molecule has 1 heterocycles. The second-order valence-corrected chi connectivity index (χ2v) is 4.67. The zero-order valence-electron chi connectivity index (χ0n) is 10.8. The second kappa shape index (κ2) is 7.39. The van der Waals surface area contributed by atoms with Crippen molar-refractivity contribution in [3.05, 3.63) is 35.4 Å². The lowest BCUT2D eigenvalue weighted by atomic mass is 10.1. The van der Waals surface area contributed by atoms with E-state index in [9.17, 15) is 4.79 Å². The first-order valence-corrected chi connectivity index (χ1v) is 6.33. The zero-order valence-corrected chi connectivity index (χ0v) is 11.6. The molecule has 1 aromatic rings. The highest BCUT2D eigenvalue weighted by Gasteiger charge is 2.11. The van der Waals surface area contributed by atoms with Crippen LogP contribution in [0.3, 0.4) is 0 Å². The van der Waals surface area contributed by atoms with E-state index in [0.717, 1.165) is 24.2 Å². The van der Waals surface area contributed by atoms with Gasteiger partial charge in [-0.2, -0.15) is 0 Å². The fourth-order valence-electron chi connectivity index (χ4n) is 2.22. The molecule has 3 nitrogen and oxygen atoms in total. The van der Waals surface area contributed by atoms with Crippen LogP contribution in [0.25, 0.3) is 0 Å². The van der Waals surface area contributed by atoms with Crippen molar-refractivity contribution in [3.63, 3.8) is 0 Å². The van der Waals surface area contributed by atoms with Gasteiger partial charge in [0.1, 0.15) is 0 Å². The maximum atomic E-state index is 11.8. The molecule has 1 aliphatic rings. The Morgan fingerprint density at radius 2 is 2.06 bits per heavy atom. The molecule has 1 saturated heterocycles. The molecule has 1 aromatic carbocycles. The lowest BCUT2D eigenvalue weighted by Crippen LogP contribution is -2.33. The van der Waals surface area contributed by atoms with Crippen molar-refractivity contribution in [2.24, 2.45) is 0 Å². The summed E-state index contributed by atoms with van der Waals surface area (Å²) in [5, 5.41) is 2.97. The summed E-state index contributed by atoms with van der Waals surface area (Å²) in [7, 11) is 0. The molecule has 0 aromatic heterocycles. The van der Waals surface area contributed by atoms with Crippen molar-refractivity contribution in [3.8, 4) is 0 Å². The average molecular weight is 269 g/mol. The zero-order chi connectivity index (χ0) is 12.1. The van der Waals surface area contributed by atoms with Gasteiger partial charge in [-0.1, -0.05) is 17.7 Å². The van der Waals surface area contributed by atoms with Gasteiger partial charge in [0.05, 0.1) is 0 Å². The quantitative estimate of drug-likeness (QED) is 0.908. The van der Waals surface area contributed by atoms with E-state index in [1.165, 1.54) is 25.9 Å². The van der Waals surface area contributed by atoms with Crippen LogP contribution >= 0.6 is 12.4 Å². The Bertz CT molecular complexity index is 389. The lowest BCUT2D eigenvalue weighted by molar-refractivity contribution is 0.0949. The first-order valence-electron chi connectivity index (χ1n) is 6.33. The van der Waals surface area contributed by atoms with Crippen molar-refractivity contribution >= 4 is 18.3 Å². The number of hydrogen-bond donors (Lipinski definition) is 1. The molecular weight excluding hydrogens is 248 g/mol. The maximum Gasteiger partial charge on any atom is 0.251 e. The van der Waals surface area contributed by atoms with E-state index in [0.29, 0.717) is 0 Å². The number of benzene rings is 1. The summed E-state index contributed by atoms with van der Waals surface area (Å²) in [5.74, 6) is 0.0351. The topological polar surface area (TPSA) is 32.3 Å². The minimum Gasteiger partial charge on any atom is -0.351 e. The molecular formula is C14H21ClN2O.